The second-order valence-corrected chi connectivity index (χ2v) is 4.92. The van der Waals surface area contributed by atoms with Gasteiger partial charge in [-0.05, 0) is 42.7 Å². The van der Waals surface area contributed by atoms with E-state index in [1.807, 2.05) is 13.0 Å². The molecule has 0 aromatic heterocycles. The van der Waals surface area contributed by atoms with Crippen molar-refractivity contribution in [2.24, 2.45) is 0 Å². The Bertz CT molecular complexity index is 686. The fraction of sp³-hybridized carbons (Fsp3) is 0.176. The summed E-state index contributed by atoms with van der Waals surface area (Å²) in [6.45, 7) is 2.09. The van der Waals surface area contributed by atoms with Gasteiger partial charge in [0.05, 0.1) is 0 Å². The van der Waals surface area contributed by atoms with Gasteiger partial charge in [0.15, 0.2) is 0 Å². The second kappa shape index (κ2) is 7.36. The minimum absolute atomic E-state index is 0.195. The van der Waals surface area contributed by atoms with Crippen molar-refractivity contribution in [1.29, 1.82) is 0 Å². The van der Waals surface area contributed by atoms with E-state index in [9.17, 15) is 14.0 Å². The number of hydrogen-bond donors (Lipinski definition) is 2. The SMILES string of the molecule is Cc1cccc(NC(=O)C(=O)NCCc2ccccc2F)c1. The monoisotopic (exact) mass is 300 g/mol. The van der Waals surface area contributed by atoms with Crippen molar-refractivity contribution in [2.75, 3.05) is 11.9 Å². The Labute approximate surface area is 128 Å². The molecule has 0 aliphatic rings. The van der Waals surface area contributed by atoms with Crippen LogP contribution in [0.5, 0.6) is 0 Å². The quantitative estimate of drug-likeness (QED) is 0.852. The lowest BCUT2D eigenvalue weighted by molar-refractivity contribution is -0.136. The fourth-order valence-corrected chi connectivity index (χ4v) is 2.00. The molecule has 0 radical (unpaired) electrons. The van der Waals surface area contributed by atoms with Crippen molar-refractivity contribution >= 4 is 17.5 Å². The molecule has 0 unspecified atom stereocenters. The van der Waals surface area contributed by atoms with Crippen molar-refractivity contribution < 1.29 is 14.0 Å². The summed E-state index contributed by atoms with van der Waals surface area (Å²) in [5, 5.41) is 4.99. The van der Waals surface area contributed by atoms with E-state index in [1.54, 1.807) is 36.4 Å². The van der Waals surface area contributed by atoms with Crippen LogP contribution in [0.2, 0.25) is 0 Å². The molecule has 4 nitrogen and oxygen atoms in total. The molecule has 0 atom stereocenters. The maximum absolute atomic E-state index is 13.4. The summed E-state index contributed by atoms with van der Waals surface area (Å²) in [6.07, 6.45) is 0.330. The first-order valence-electron chi connectivity index (χ1n) is 6.95. The van der Waals surface area contributed by atoms with Crippen LogP contribution in [0.1, 0.15) is 11.1 Å². The number of anilines is 1. The maximum atomic E-state index is 13.4. The number of nitrogens with one attached hydrogen (secondary N) is 2. The predicted octanol–water partition coefficient (Wildman–Crippen LogP) is 2.43. The molecule has 0 aliphatic carbocycles. The van der Waals surface area contributed by atoms with E-state index in [4.69, 9.17) is 0 Å². The van der Waals surface area contributed by atoms with Gasteiger partial charge in [0, 0.05) is 12.2 Å². The largest absolute Gasteiger partial charge is 0.347 e. The highest BCUT2D eigenvalue weighted by molar-refractivity contribution is 6.39. The van der Waals surface area contributed by atoms with Gasteiger partial charge in [-0.1, -0.05) is 30.3 Å². The van der Waals surface area contributed by atoms with Gasteiger partial charge < -0.3 is 10.6 Å². The minimum atomic E-state index is -0.738. The molecule has 0 aliphatic heterocycles. The number of halogens is 1. The van der Waals surface area contributed by atoms with Gasteiger partial charge in [0.1, 0.15) is 5.82 Å². The van der Waals surface area contributed by atoms with E-state index < -0.39 is 11.8 Å². The summed E-state index contributed by atoms with van der Waals surface area (Å²) in [7, 11) is 0. The molecule has 0 saturated carbocycles. The summed E-state index contributed by atoms with van der Waals surface area (Å²) in [5.41, 5.74) is 2.05. The average Bonchev–Trinajstić information content (AvgIpc) is 2.49. The van der Waals surface area contributed by atoms with Crippen LogP contribution in [-0.2, 0) is 16.0 Å². The number of amides is 2. The number of hydrogen-bond acceptors (Lipinski definition) is 2. The van der Waals surface area contributed by atoms with E-state index in [0.717, 1.165) is 5.56 Å². The molecule has 2 N–H and O–H groups in total. The van der Waals surface area contributed by atoms with E-state index in [-0.39, 0.29) is 12.4 Å². The van der Waals surface area contributed by atoms with E-state index in [0.29, 0.717) is 17.7 Å². The van der Waals surface area contributed by atoms with Gasteiger partial charge in [-0.3, -0.25) is 9.59 Å². The minimum Gasteiger partial charge on any atom is -0.347 e. The lowest BCUT2D eigenvalue weighted by Crippen LogP contribution is -2.36. The third-order valence-corrected chi connectivity index (χ3v) is 3.12. The molecular formula is C17H17FN2O2. The fourth-order valence-electron chi connectivity index (χ4n) is 2.00. The Kier molecular flexibility index (Phi) is 5.25. The van der Waals surface area contributed by atoms with E-state index in [2.05, 4.69) is 10.6 Å². The number of benzene rings is 2. The highest BCUT2D eigenvalue weighted by Gasteiger charge is 2.13. The molecule has 2 amide bonds. The normalized spacial score (nSPS) is 10.1. The number of carbonyl (C=O) groups is 2. The highest BCUT2D eigenvalue weighted by atomic mass is 19.1. The Morgan fingerprint density at radius 3 is 2.55 bits per heavy atom. The maximum Gasteiger partial charge on any atom is 0.313 e. The second-order valence-electron chi connectivity index (χ2n) is 4.92. The molecule has 22 heavy (non-hydrogen) atoms. The zero-order valence-corrected chi connectivity index (χ0v) is 12.2. The number of rotatable bonds is 4. The van der Waals surface area contributed by atoms with Crippen LogP contribution >= 0.6 is 0 Å². The first-order valence-corrected chi connectivity index (χ1v) is 6.95. The highest BCUT2D eigenvalue weighted by Crippen LogP contribution is 2.09. The van der Waals surface area contributed by atoms with E-state index >= 15 is 0 Å². The zero-order valence-electron chi connectivity index (χ0n) is 12.2. The van der Waals surface area contributed by atoms with Crippen LogP contribution in [0.25, 0.3) is 0 Å². The van der Waals surface area contributed by atoms with Gasteiger partial charge in [-0.2, -0.15) is 0 Å². The van der Waals surface area contributed by atoms with Gasteiger partial charge in [-0.15, -0.1) is 0 Å². The molecule has 0 saturated heterocycles. The van der Waals surface area contributed by atoms with Crippen molar-refractivity contribution in [3.05, 3.63) is 65.5 Å². The lowest BCUT2D eigenvalue weighted by atomic mass is 10.1. The van der Waals surface area contributed by atoms with Crippen LogP contribution in [0.3, 0.4) is 0 Å². The number of carbonyl (C=O) groups excluding carboxylic acids is 2. The molecule has 0 heterocycles. The van der Waals surface area contributed by atoms with Gasteiger partial charge in [0.2, 0.25) is 0 Å². The molecular weight excluding hydrogens is 283 g/mol. The summed E-state index contributed by atoms with van der Waals surface area (Å²) >= 11 is 0. The molecule has 2 rings (SSSR count). The van der Waals surface area contributed by atoms with Crippen molar-refractivity contribution in [2.45, 2.75) is 13.3 Å². The van der Waals surface area contributed by atoms with Crippen LogP contribution in [0.15, 0.2) is 48.5 Å². The van der Waals surface area contributed by atoms with Crippen molar-refractivity contribution in [3.8, 4) is 0 Å². The first-order chi connectivity index (χ1) is 10.6. The van der Waals surface area contributed by atoms with Crippen LogP contribution < -0.4 is 10.6 Å². The van der Waals surface area contributed by atoms with Crippen molar-refractivity contribution in [3.63, 3.8) is 0 Å². The third-order valence-electron chi connectivity index (χ3n) is 3.12. The molecule has 114 valence electrons. The average molecular weight is 300 g/mol. The van der Waals surface area contributed by atoms with Gasteiger partial charge in [-0.25, -0.2) is 4.39 Å². The Morgan fingerprint density at radius 1 is 1.05 bits per heavy atom. The topological polar surface area (TPSA) is 58.2 Å². The van der Waals surface area contributed by atoms with Crippen LogP contribution in [0.4, 0.5) is 10.1 Å². The third kappa shape index (κ3) is 4.41. The molecule has 0 bridgehead atoms. The standard InChI is InChI=1S/C17H17FN2O2/c1-12-5-4-7-14(11-12)20-17(22)16(21)19-10-9-13-6-2-3-8-15(13)18/h2-8,11H,9-10H2,1H3,(H,19,21)(H,20,22). The molecule has 2 aromatic rings. The summed E-state index contributed by atoms with van der Waals surface area (Å²) in [4.78, 5) is 23.4. The van der Waals surface area contributed by atoms with Crippen molar-refractivity contribution in [1.82, 2.24) is 5.32 Å². The molecule has 0 spiro atoms. The Hall–Kier alpha value is -2.69. The smallest absolute Gasteiger partial charge is 0.313 e. The molecule has 2 aromatic carbocycles. The van der Waals surface area contributed by atoms with Crippen LogP contribution in [0, 0.1) is 12.7 Å². The van der Waals surface area contributed by atoms with Crippen LogP contribution in [-0.4, -0.2) is 18.4 Å². The summed E-state index contributed by atoms with van der Waals surface area (Å²) in [6, 6.07) is 13.5. The zero-order chi connectivity index (χ0) is 15.9. The molecule has 0 fully saturated rings. The lowest BCUT2D eigenvalue weighted by Gasteiger charge is -2.07. The van der Waals surface area contributed by atoms with Gasteiger partial charge >= 0.3 is 11.8 Å². The first kappa shape index (κ1) is 15.7. The number of aryl methyl sites for hydroxylation is 1. The molecule has 5 heteroatoms. The predicted molar refractivity (Wildman–Crippen MR) is 82.9 cm³/mol. The Morgan fingerprint density at radius 2 is 1.82 bits per heavy atom. The van der Waals surface area contributed by atoms with Gasteiger partial charge in [0.25, 0.3) is 0 Å². The summed E-state index contributed by atoms with van der Waals surface area (Å²) < 4.78 is 13.4. The summed E-state index contributed by atoms with van der Waals surface area (Å²) in [5.74, 6) is -1.79. The van der Waals surface area contributed by atoms with E-state index in [1.165, 1.54) is 6.07 Å². The Balaban J connectivity index is 1.82.